The molecule has 0 saturated carbocycles. The van der Waals surface area contributed by atoms with Crippen LogP contribution in [0.5, 0.6) is 0 Å². The van der Waals surface area contributed by atoms with Crippen LogP contribution in [0.1, 0.15) is 37.8 Å². The smallest absolute Gasteiger partial charge is 0.170 e. The molecule has 0 aliphatic carbocycles. The van der Waals surface area contributed by atoms with Crippen molar-refractivity contribution in [3.63, 3.8) is 0 Å². The Morgan fingerprint density at radius 2 is 2.16 bits per heavy atom. The summed E-state index contributed by atoms with van der Waals surface area (Å²) in [5.41, 5.74) is 7.23. The van der Waals surface area contributed by atoms with Gasteiger partial charge < -0.3 is 10.9 Å². The second-order valence-electron chi connectivity index (χ2n) is 4.51. The summed E-state index contributed by atoms with van der Waals surface area (Å²) in [5, 5.41) is 12.3. The molecule has 0 radical (unpaired) electrons. The molecule has 0 spiro atoms. The van der Waals surface area contributed by atoms with Gasteiger partial charge in [0.05, 0.1) is 0 Å². The second kappa shape index (κ2) is 8.02. The van der Waals surface area contributed by atoms with E-state index in [-0.39, 0.29) is 5.84 Å². The third kappa shape index (κ3) is 4.73. The van der Waals surface area contributed by atoms with Gasteiger partial charge in [0.2, 0.25) is 0 Å². The van der Waals surface area contributed by atoms with Crippen LogP contribution in [-0.4, -0.2) is 29.0 Å². The Morgan fingerprint density at radius 1 is 1.42 bits per heavy atom. The van der Waals surface area contributed by atoms with Gasteiger partial charge in [-0.1, -0.05) is 49.2 Å². The van der Waals surface area contributed by atoms with E-state index in [2.05, 4.69) is 23.9 Å². The molecule has 0 amide bonds. The maximum absolute atomic E-state index is 8.64. The summed E-state index contributed by atoms with van der Waals surface area (Å²) in [6.45, 7) is 7.23. The molecule has 0 aromatic heterocycles. The lowest BCUT2D eigenvalue weighted by Gasteiger charge is -2.21. The second-order valence-corrected chi connectivity index (χ2v) is 4.92. The van der Waals surface area contributed by atoms with Gasteiger partial charge >= 0.3 is 0 Å². The van der Waals surface area contributed by atoms with E-state index < -0.39 is 0 Å². The lowest BCUT2D eigenvalue weighted by Crippen LogP contribution is -2.24. The monoisotopic (exact) mass is 283 g/mol. The largest absolute Gasteiger partial charge is 0.409 e. The van der Waals surface area contributed by atoms with Crippen molar-refractivity contribution in [2.45, 2.75) is 33.2 Å². The molecule has 0 fully saturated rings. The number of oxime groups is 1. The van der Waals surface area contributed by atoms with Crippen LogP contribution in [0.15, 0.2) is 23.4 Å². The Balaban J connectivity index is 2.78. The molecule has 0 heterocycles. The topological polar surface area (TPSA) is 61.8 Å². The van der Waals surface area contributed by atoms with Crippen LogP contribution in [0.3, 0.4) is 0 Å². The van der Waals surface area contributed by atoms with E-state index in [0.29, 0.717) is 10.6 Å². The molecule has 106 valence electrons. The van der Waals surface area contributed by atoms with E-state index in [0.717, 1.165) is 25.2 Å². The number of amidine groups is 1. The minimum absolute atomic E-state index is 0.0757. The predicted molar refractivity (Wildman–Crippen MR) is 79.8 cm³/mol. The van der Waals surface area contributed by atoms with Crippen molar-refractivity contribution in [3.05, 3.63) is 34.3 Å². The highest BCUT2D eigenvalue weighted by atomic mass is 35.5. The molecule has 0 aliphatic heterocycles. The van der Waals surface area contributed by atoms with Crippen LogP contribution < -0.4 is 5.73 Å². The Bertz CT molecular complexity index is 435. The number of hydrogen-bond acceptors (Lipinski definition) is 3. The number of nitrogens with two attached hydrogens (primary N) is 1. The first-order valence-corrected chi connectivity index (χ1v) is 6.98. The summed E-state index contributed by atoms with van der Waals surface area (Å²) in [6, 6.07) is 5.49. The first-order chi connectivity index (χ1) is 9.12. The zero-order chi connectivity index (χ0) is 14.3. The third-order valence-electron chi connectivity index (χ3n) is 3.13. The summed E-state index contributed by atoms with van der Waals surface area (Å²) in [7, 11) is 0. The summed E-state index contributed by atoms with van der Waals surface area (Å²) < 4.78 is 0. The van der Waals surface area contributed by atoms with Crippen molar-refractivity contribution >= 4 is 17.4 Å². The zero-order valence-electron chi connectivity index (χ0n) is 11.6. The maximum atomic E-state index is 8.64. The van der Waals surface area contributed by atoms with E-state index in [4.69, 9.17) is 22.5 Å². The predicted octanol–water partition coefficient (Wildman–Crippen LogP) is 3.06. The molecule has 0 bridgehead atoms. The van der Waals surface area contributed by atoms with E-state index in [1.807, 2.05) is 12.1 Å². The first kappa shape index (κ1) is 15.8. The van der Waals surface area contributed by atoms with Crippen LogP contribution in [-0.2, 0) is 6.54 Å². The number of nitrogens with zero attached hydrogens (tertiary/aromatic N) is 2. The van der Waals surface area contributed by atoms with E-state index >= 15 is 0 Å². The lowest BCUT2D eigenvalue weighted by molar-refractivity contribution is 0.275. The normalized spacial score (nSPS) is 12.1. The van der Waals surface area contributed by atoms with Gasteiger partial charge in [0.1, 0.15) is 0 Å². The number of halogens is 1. The van der Waals surface area contributed by atoms with E-state index in [1.54, 1.807) is 6.07 Å². The molecule has 0 atom stereocenters. The number of unbranched alkanes of at least 4 members (excludes halogenated alkanes) is 1. The molecule has 3 N–H and O–H groups in total. The quantitative estimate of drug-likeness (QED) is 0.350. The molecule has 19 heavy (non-hydrogen) atoms. The van der Waals surface area contributed by atoms with Crippen LogP contribution in [0.4, 0.5) is 0 Å². The van der Waals surface area contributed by atoms with Gasteiger partial charge in [-0.25, -0.2) is 0 Å². The lowest BCUT2D eigenvalue weighted by atomic mass is 10.1. The number of hydrogen-bond donors (Lipinski definition) is 2. The van der Waals surface area contributed by atoms with Crippen molar-refractivity contribution in [3.8, 4) is 0 Å². The average Bonchev–Trinajstić information content (AvgIpc) is 2.44. The summed E-state index contributed by atoms with van der Waals surface area (Å²) in [5.74, 6) is 0.0757. The van der Waals surface area contributed by atoms with Gasteiger partial charge in [0, 0.05) is 17.1 Å². The molecule has 4 nitrogen and oxygen atoms in total. The Labute approximate surface area is 119 Å². The third-order valence-corrected chi connectivity index (χ3v) is 3.48. The first-order valence-electron chi connectivity index (χ1n) is 6.61. The molecule has 1 rings (SSSR count). The number of benzene rings is 1. The van der Waals surface area contributed by atoms with Gasteiger partial charge in [-0.05, 0) is 31.1 Å². The summed E-state index contributed by atoms with van der Waals surface area (Å²) in [6.07, 6.45) is 2.38. The molecule has 0 saturated heterocycles. The van der Waals surface area contributed by atoms with Crippen LogP contribution in [0.2, 0.25) is 5.02 Å². The Hall–Kier alpha value is -1.26. The van der Waals surface area contributed by atoms with Crippen LogP contribution >= 0.6 is 11.6 Å². The van der Waals surface area contributed by atoms with Gasteiger partial charge in [-0.3, -0.25) is 4.90 Å². The van der Waals surface area contributed by atoms with Gasteiger partial charge in [0.25, 0.3) is 0 Å². The SMILES string of the molecule is CCCCN(CC)Cc1ccc(/C(N)=N/O)cc1Cl. The fourth-order valence-corrected chi connectivity index (χ4v) is 2.10. The highest BCUT2D eigenvalue weighted by Gasteiger charge is 2.08. The highest BCUT2D eigenvalue weighted by Crippen LogP contribution is 2.20. The molecule has 1 aromatic rings. The molecule has 0 aliphatic rings. The Morgan fingerprint density at radius 3 is 2.68 bits per heavy atom. The summed E-state index contributed by atoms with van der Waals surface area (Å²) >= 11 is 6.25. The maximum Gasteiger partial charge on any atom is 0.170 e. The fraction of sp³-hybridized carbons (Fsp3) is 0.500. The van der Waals surface area contributed by atoms with Crippen molar-refractivity contribution in [1.82, 2.24) is 4.90 Å². The van der Waals surface area contributed by atoms with Crippen molar-refractivity contribution < 1.29 is 5.21 Å². The van der Waals surface area contributed by atoms with Gasteiger partial charge in [-0.2, -0.15) is 0 Å². The van der Waals surface area contributed by atoms with Crippen LogP contribution in [0.25, 0.3) is 0 Å². The minimum atomic E-state index is 0.0757. The van der Waals surface area contributed by atoms with Gasteiger partial charge in [-0.15, -0.1) is 0 Å². The fourth-order valence-electron chi connectivity index (χ4n) is 1.86. The zero-order valence-corrected chi connectivity index (χ0v) is 12.3. The molecule has 5 heteroatoms. The minimum Gasteiger partial charge on any atom is -0.409 e. The standard InChI is InChI=1S/C14H22ClN3O/c1-3-5-8-18(4-2)10-12-7-6-11(9-13(12)15)14(16)17-19/h6-7,9,19H,3-5,8,10H2,1-2H3,(H2,16,17). The van der Waals surface area contributed by atoms with E-state index in [9.17, 15) is 0 Å². The summed E-state index contributed by atoms with van der Waals surface area (Å²) in [4.78, 5) is 2.36. The van der Waals surface area contributed by atoms with Crippen molar-refractivity contribution in [2.75, 3.05) is 13.1 Å². The van der Waals surface area contributed by atoms with Crippen molar-refractivity contribution in [1.29, 1.82) is 0 Å². The highest BCUT2D eigenvalue weighted by molar-refractivity contribution is 6.31. The van der Waals surface area contributed by atoms with Gasteiger partial charge in [0.15, 0.2) is 5.84 Å². The molecular formula is C14H22ClN3O. The molecule has 1 aromatic carbocycles. The molecule has 0 unspecified atom stereocenters. The van der Waals surface area contributed by atoms with Crippen LogP contribution in [0, 0.1) is 0 Å². The Kier molecular flexibility index (Phi) is 6.67. The van der Waals surface area contributed by atoms with Crippen molar-refractivity contribution in [2.24, 2.45) is 10.9 Å². The molecular weight excluding hydrogens is 262 g/mol. The average molecular weight is 284 g/mol. The number of rotatable bonds is 7. The van der Waals surface area contributed by atoms with E-state index in [1.165, 1.54) is 12.8 Å².